The summed E-state index contributed by atoms with van der Waals surface area (Å²) >= 11 is 0. The summed E-state index contributed by atoms with van der Waals surface area (Å²) in [6.07, 6.45) is 2.37. The van der Waals surface area contributed by atoms with Gasteiger partial charge in [0.1, 0.15) is 6.61 Å². The van der Waals surface area contributed by atoms with Crippen LogP contribution in [-0.4, -0.2) is 21.9 Å². The first-order valence-corrected chi connectivity index (χ1v) is 10.2. The van der Waals surface area contributed by atoms with Gasteiger partial charge in [0.15, 0.2) is 17.4 Å². The molecular formula is C24H21F2NO4. The Labute approximate surface area is 178 Å². The molecule has 1 amide bonds. The third kappa shape index (κ3) is 4.38. The van der Waals surface area contributed by atoms with Gasteiger partial charge in [-0.2, -0.15) is 0 Å². The Morgan fingerprint density at radius 3 is 2.55 bits per heavy atom. The Kier molecular flexibility index (Phi) is 5.90. The molecule has 4 rings (SSSR count). The maximum absolute atomic E-state index is 15.0. The number of hydrogen-bond donors (Lipinski definition) is 1. The van der Waals surface area contributed by atoms with Crippen LogP contribution in [0.5, 0.6) is 5.75 Å². The highest BCUT2D eigenvalue weighted by molar-refractivity contribution is 6.00. The summed E-state index contributed by atoms with van der Waals surface area (Å²) in [6.45, 7) is -0.0252. The minimum atomic E-state index is -1.01. The molecule has 0 unspecified atom stereocenters. The van der Waals surface area contributed by atoms with E-state index in [4.69, 9.17) is 9.84 Å². The molecule has 7 heteroatoms. The summed E-state index contributed by atoms with van der Waals surface area (Å²) in [4.78, 5) is 24.9. The number of carbonyl (C=O) groups is 2. The largest absolute Gasteiger partial charge is 0.483 e. The van der Waals surface area contributed by atoms with Gasteiger partial charge in [-0.05, 0) is 42.9 Å². The quantitative estimate of drug-likeness (QED) is 0.740. The van der Waals surface area contributed by atoms with Gasteiger partial charge in [-0.25, -0.2) is 8.78 Å². The van der Waals surface area contributed by atoms with Gasteiger partial charge in [0.2, 0.25) is 0 Å². The van der Waals surface area contributed by atoms with Gasteiger partial charge in [-0.15, -0.1) is 0 Å². The maximum Gasteiger partial charge on any atom is 0.306 e. The number of benzene rings is 2. The number of fused-ring (bicyclic) bond motifs is 1. The van der Waals surface area contributed by atoms with E-state index >= 15 is 0 Å². The van der Waals surface area contributed by atoms with Crippen molar-refractivity contribution in [2.75, 3.05) is 0 Å². The van der Waals surface area contributed by atoms with Gasteiger partial charge >= 0.3 is 5.97 Å². The number of aliphatic carboxylic acids is 1. The molecule has 0 atom stereocenters. The molecule has 5 nitrogen and oxygen atoms in total. The fraction of sp³-hybridized carbons (Fsp3) is 0.333. The fourth-order valence-corrected chi connectivity index (χ4v) is 3.99. The normalized spacial score (nSPS) is 20.1. The van der Waals surface area contributed by atoms with Crippen LogP contribution in [0.4, 0.5) is 8.78 Å². The Bertz CT molecular complexity index is 1070. The average Bonchev–Trinajstić information content (AvgIpc) is 3.08. The lowest BCUT2D eigenvalue weighted by Gasteiger charge is -2.22. The molecule has 0 spiro atoms. The zero-order valence-electron chi connectivity index (χ0n) is 16.7. The Hall–Kier alpha value is -3.40. The summed E-state index contributed by atoms with van der Waals surface area (Å²) in [5.74, 6) is -1.22. The van der Waals surface area contributed by atoms with E-state index in [1.165, 1.54) is 4.90 Å². The van der Waals surface area contributed by atoms with Crippen molar-refractivity contribution in [3.8, 4) is 17.7 Å². The van der Waals surface area contributed by atoms with Gasteiger partial charge < -0.3 is 9.84 Å². The zero-order valence-corrected chi connectivity index (χ0v) is 16.7. The number of rotatable bonds is 4. The predicted octanol–water partition coefficient (Wildman–Crippen LogP) is 4.35. The smallest absolute Gasteiger partial charge is 0.306 e. The van der Waals surface area contributed by atoms with Gasteiger partial charge in [-0.3, -0.25) is 14.5 Å². The van der Waals surface area contributed by atoms with E-state index in [0.717, 1.165) is 11.6 Å². The molecule has 0 aromatic heterocycles. The van der Waals surface area contributed by atoms with Crippen molar-refractivity contribution in [3.05, 3.63) is 64.7 Å². The van der Waals surface area contributed by atoms with E-state index in [2.05, 4.69) is 12.0 Å². The molecule has 0 radical (unpaired) electrons. The summed E-state index contributed by atoms with van der Waals surface area (Å²) in [5.41, 5.74) is 0.766. The lowest BCUT2D eigenvalue weighted by molar-refractivity contribution is -0.142. The van der Waals surface area contributed by atoms with Crippen LogP contribution >= 0.6 is 0 Å². The number of ether oxygens (including phenoxy) is 1. The lowest BCUT2D eigenvalue weighted by Crippen LogP contribution is -2.22. The van der Waals surface area contributed by atoms with Crippen molar-refractivity contribution >= 4 is 11.9 Å². The average molecular weight is 425 g/mol. The molecule has 0 saturated heterocycles. The first kappa shape index (κ1) is 20.9. The molecule has 1 saturated carbocycles. The van der Waals surface area contributed by atoms with Crippen molar-refractivity contribution in [1.29, 1.82) is 0 Å². The highest BCUT2D eigenvalue weighted by Crippen LogP contribution is 2.34. The van der Waals surface area contributed by atoms with Crippen molar-refractivity contribution < 1.29 is 28.2 Å². The number of carboxylic acid groups (broad SMARTS) is 1. The number of carbonyl (C=O) groups excluding carboxylic acids is 1. The van der Waals surface area contributed by atoms with Crippen LogP contribution in [0, 0.1) is 35.4 Å². The number of amides is 1. The Morgan fingerprint density at radius 2 is 1.87 bits per heavy atom. The minimum Gasteiger partial charge on any atom is -0.483 e. The highest BCUT2D eigenvalue weighted by Gasteiger charge is 2.34. The third-order valence-corrected chi connectivity index (χ3v) is 5.75. The standard InChI is InChI=1S/C24H21F2NO4/c25-19-12-18-13-27(11-10-15-6-8-17(9-7-15)24(29)30)23(28)20(18)21(26)22(19)31-14-16-4-2-1-3-5-16/h1-5,12,15,17H,6-9,13-14H2,(H,29,30). The second-order valence-corrected chi connectivity index (χ2v) is 7.84. The van der Waals surface area contributed by atoms with Crippen LogP contribution in [0.1, 0.15) is 47.2 Å². The van der Waals surface area contributed by atoms with E-state index in [9.17, 15) is 18.4 Å². The molecule has 1 aliphatic carbocycles. The molecule has 160 valence electrons. The van der Waals surface area contributed by atoms with E-state index in [0.29, 0.717) is 25.7 Å². The summed E-state index contributed by atoms with van der Waals surface area (Å²) in [7, 11) is 0. The van der Waals surface area contributed by atoms with E-state index < -0.39 is 29.3 Å². The second-order valence-electron chi connectivity index (χ2n) is 7.84. The van der Waals surface area contributed by atoms with E-state index in [-0.39, 0.29) is 36.1 Å². The zero-order chi connectivity index (χ0) is 22.0. The number of nitrogens with zero attached hydrogens (tertiary/aromatic N) is 1. The summed E-state index contributed by atoms with van der Waals surface area (Å²) in [6, 6.07) is 12.9. The monoisotopic (exact) mass is 425 g/mol. The number of carboxylic acids is 1. The SMILES string of the molecule is O=C(O)C1CCC(C#CN2Cc3cc(F)c(OCc4ccccc4)c(F)c3C2=O)CC1. The Balaban J connectivity index is 1.47. The summed E-state index contributed by atoms with van der Waals surface area (Å²) in [5, 5.41) is 9.07. The molecule has 2 aromatic carbocycles. The van der Waals surface area contributed by atoms with Gasteiger partial charge in [-0.1, -0.05) is 36.3 Å². The maximum atomic E-state index is 15.0. The molecule has 2 aliphatic rings. The predicted molar refractivity (Wildman–Crippen MR) is 108 cm³/mol. The van der Waals surface area contributed by atoms with Crippen LogP contribution in [0.15, 0.2) is 36.4 Å². The van der Waals surface area contributed by atoms with E-state index in [1.807, 2.05) is 6.07 Å². The molecule has 0 bridgehead atoms. The van der Waals surface area contributed by atoms with E-state index in [1.54, 1.807) is 24.3 Å². The Morgan fingerprint density at radius 1 is 1.16 bits per heavy atom. The first-order valence-electron chi connectivity index (χ1n) is 10.2. The van der Waals surface area contributed by atoms with Crippen LogP contribution in [0.2, 0.25) is 0 Å². The third-order valence-electron chi connectivity index (χ3n) is 5.75. The molecule has 2 aromatic rings. The second kappa shape index (κ2) is 8.76. The van der Waals surface area contributed by atoms with Crippen LogP contribution in [0.3, 0.4) is 0 Å². The highest BCUT2D eigenvalue weighted by atomic mass is 19.1. The van der Waals surface area contributed by atoms with Crippen molar-refractivity contribution in [2.45, 2.75) is 38.8 Å². The fourth-order valence-electron chi connectivity index (χ4n) is 3.99. The van der Waals surface area contributed by atoms with Crippen molar-refractivity contribution in [3.63, 3.8) is 0 Å². The molecule has 1 fully saturated rings. The topological polar surface area (TPSA) is 66.8 Å². The van der Waals surface area contributed by atoms with Gasteiger partial charge in [0, 0.05) is 12.0 Å². The van der Waals surface area contributed by atoms with Gasteiger partial charge in [0.05, 0.1) is 18.0 Å². The van der Waals surface area contributed by atoms with Gasteiger partial charge in [0.25, 0.3) is 5.91 Å². The first-order chi connectivity index (χ1) is 14.9. The number of halogens is 2. The summed E-state index contributed by atoms with van der Waals surface area (Å²) < 4.78 is 34.8. The molecule has 1 heterocycles. The van der Waals surface area contributed by atoms with Crippen molar-refractivity contribution in [1.82, 2.24) is 4.90 Å². The minimum absolute atomic E-state index is 0.00154. The molecule has 1 N–H and O–H groups in total. The molecular weight excluding hydrogens is 404 g/mol. The molecule has 1 aliphatic heterocycles. The van der Waals surface area contributed by atoms with Crippen molar-refractivity contribution in [2.24, 2.45) is 11.8 Å². The lowest BCUT2D eigenvalue weighted by atomic mass is 9.82. The van der Waals surface area contributed by atoms with Crippen LogP contribution in [0.25, 0.3) is 0 Å². The number of hydrogen-bond acceptors (Lipinski definition) is 3. The van der Waals surface area contributed by atoms with Crippen LogP contribution in [-0.2, 0) is 17.9 Å². The molecule has 31 heavy (non-hydrogen) atoms. The van der Waals surface area contributed by atoms with Crippen LogP contribution < -0.4 is 4.74 Å².